The first-order valence-corrected chi connectivity index (χ1v) is 10.3. The van der Waals surface area contributed by atoms with Crippen LogP contribution >= 0.6 is 0 Å². The van der Waals surface area contributed by atoms with Crippen LogP contribution in [-0.2, 0) is 14.3 Å². The molecule has 2 rings (SSSR count). The Labute approximate surface area is 153 Å². The minimum absolute atomic E-state index is 0.264. The van der Waals surface area contributed by atoms with E-state index in [9.17, 15) is 4.79 Å². The molecule has 0 aliphatic carbocycles. The molecule has 2 fully saturated rings. The highest BCUT2D eigenvalue weighted by atomic mass is 16.5. The number of fused-ring (bicyclic) bond motifs is 2. The third-order valence-electron chi connectivity index (χ3n) is 5.66. The lowest BCUT2D eigenvalue weighted by molar-refractivity contribution is -0.137. The van der Waals surface area contributed by atoms with Gasteiger partial charge in [-0.1, -0.05) is 38.3 Å². The minimum Gasteiger partial charge on any atom is -0.481 e. The summed E-state index contributed by atoms with van der Waals surface area (Å²) in [5.41, 5.74) is 0. The van der Waals surface area contributed by atoms with Crippen molar-refractivity contribution in [2.45, 2.75) is 89.8 Å². The number of hydrogen-bond acceptors (Lipinski definition) is 3. The smallest absolute Gasteiger partial charge is 0.303 e. The van der Waals surface area contributed by atoms with Crippen molar-refractivity contribution in [1.29, 1.82) is 0 Å². The zero-order valence-electron chi connectivity index (χ0n) is 15.8. The van der Waals surface area contributed by atoms with Gasteiger partial charge in [-0.2, -0.15) is 0 Å². The standard InChI is InChI=1S/C21H36O4/c1-2-3-4-9-15-24-16-14-18-17(19-12-13-20(18)25-19)10-7-5-6-8-11-21(22)23/h5,7,17-20H,2-4,6,8-16H2,1H3,(H,22,23)/b7-5-/t17-,18+,19-,20+/m1/s1. The Morgan fingerprint density at radius 1 is 1.08 bits per heavy atom. The summed E-state index contributed by atoms with van der Waals surface area (Å²) < 4.78 is 12.0. The summed E-state index contributed by atoms with van der Waals surface area (Å²) in [6.45, 7) is 3.99. The van der Waals surface area contributed by atoms with E-state index < -0.39 is 5.97 Å². The van der Waals surface area contributed by atoms with Crippen molar-refractivity contribution in [3.8, 4) is 0 Å². The summed E-state index contributed by atoms with van der Waals surface area (Å²) in [5.74, 6) is 0.556. The van der Waals surface area contributed by atoms with Gasteiger partial charge in [-0.3, -0.25) is 4.79 Å². The summed E-state index contributed by atoms with van der Waals surface area (Å²) in [5, 5.41) is 8.66. The predicted molar refractivity (Wildman–Crippen MR) is 99.7 cm³/mol. The molecule has 4 nitrogen and oxygen atoms in total. The summed E-state index contributed by atoms with van der Waals surface area (Å²) in [6, 6.07) is 0. The van der Waals surface area contributed by atoms with Crippen molar-refractivity contribution < 1.29 is 19.4 Å². The Balaban J connectivity index is 1.63. The van der Waals surface area contributed by atoms with Gasteiger partial charge in [-0.05, 0) is 56.8 Å². The third kappa shape index (κ3) is 7.10. The highest BCUT2D eigenvalue weighted by molar-refractivity contribution is 5.66. The molecule has 2 aliphatic heterocycles. The lowest BCUT2D eigenvalue weighted by Gasteiger charge is -2.27. The average Bonchev–Trinajstić information content (AvgIpc) is 3.19. The normalized spacial score (nSPS) is 28.2. The fraction of sp³-hybridized carbons (Fsp3) is 0.857. The third-order valence-corrected chi connectivity index (χ3v) is 5.66. The molecule has 2 saturated heterocycles. The van der Waals surface area contributed by atoms with Gasteiger partial charge < -0.3 is 14.6 Å². The van der Waals surface area contributed by atoms with Gasteiger partial charge in [0.05, 0.1) is 12.2 Å². The quantitative estimate of drug-likeness (QED) is 0.354. The van der Waals surface area contributed by atoms with E-state index in [1.807, 2.05) is 0 Å². The van der Waals surface area contributed by atoms with Crippen molar-refractivity contribution in [2.75, 3.05) is 13.2 Å². The van der Waals surface area contributed by atoms with Crippen LogP contribution < -0.4 is 0 Å². The molecule has 0 unspecified atom stereocenters. The molecule has 1 N–H and O–H groups in total. The summed E-state index contributed by atoms with van der Waals surface area (Å²) in [6.07, 6.45) is 16.8. The largest absolute Gasteiger partial charge is 0.481 e. The number of carboxylic acid groups (broad SMARTS) is 1. The van der Waals surface area contributed by atoms with Crippen LogP contribution in [0.5, 0.6) is 0 Å². The molecule has 0 amide bonds. The van der Waals surface area contributed by atoms with Crippen LogP contribution in [-0.4, -0.2) is 36.5 Å². The molecule has 0 aromatic rings. The van der Waals surface area contributed by atoms with Gasteiger partial charge in [0, 0.05) is 19.6 Å². The number of hydrogen-bond donors (Lipinski definition) is 1. The molecule has 144 valence electrons. The van der Waals surface area contributed by atoms with Gasteiger partial charge in [-0.25, -0.2) is 0 Å². The number of ether oxygens (including phenoxy) is 2. The second-order valence-corrected chi connectivity index (χ2v) is 7.57. The van der Waals surface area contributed by atoms with E-state index in [1.54, 1.807) is 0 Å². The summed E-state index contributed by atoms with van der Waals surface area (Å²) in [7, 11) is 0. The first-order valence-electron chi connectivity index (χ1n) is 10.3. The number of carbonyl (C=O) groups is 1. The fourth-order valence-corrected chi connectivity index (χ4v) is 4.29. The number of rotatable bonds is 14. The second-order valence-electron chi connectivity index (χ2n) is 7.57. The van der Waals surface area contributed by atoms with Gasteiger partial charge in [0.25, 0.3) is 0 Å². The highest BCUT2D eigenvalue weighted by Gasteiger charge is 2.47. The van der Waals surface area contributed by atoms with Crippen LogP contribution in [0.15, 0.2) is 12.2 Å². The molecule has 0 radical (unpaired) electrons. The summed E-state index contributed by atoms with van der Waals surface area (Å²) >= 11 is 0. The lowest BCUT2D eigenvalue weighted by Crippen LogP contribution is -2.28. The molecule has 0 spiro atoms. The summed E-state index contributed by atoms with van der Waals surface area (Å²) in [4.78, 5) is 10.5. The maximum absolute atomic E-state index is 10.5. The molecular formula is C21H36O4. The number of unbranched alkanes of at least 4 members (excludes halogenated alkanes) is 4. The molecule has 4 atom stereocenters. The molecule has 0 aromatic carbocycles. The van der Waals surface area contributed by atoms with E-state index in [-0.39, 0.29) is 6.42 Å². The molecule has 2 heterocycles. The minimum atomic E-state index is -0.704. The molecule has 2 aliphatic rings. The maximum Gasteiger partial charge on any atom is 0.303 e. The fourth-order valence-electron chi connectivity index (χ4n) is 4.29. The van der Waals surface area contributed by atoms with Crippen LogP contribution in [0.3, 0.4) is 0 Å². The van der Waals surface area contributed by atoms with E-state index in [4.69, 9.17) is 14.6 Å². The Kier molecular flexibility index (Phi) is 9.56. The predicted octanol–water partition coefficient (Wildman–Crippen LogP) is 4.97. The van der Waals surface area contributed by atoms with E-state index in [1.165, 1.54) is 38.5 Å². The Bertz CT molecular complexity index is 407. The van der Waals surface area contributed by atoms with Crippen LogP contribution in [0.25, 0.3) is 0 Å². The van der Waals surface area contributed by atoms with Gasteiger partial charge in [0.2, 0.25) is 0 Å². The molecule has 25 heavy (non-hydrogen) atoms. The molecule has 0 saturated carbocycles. The zero-order valence-corrected chi connectivity index (χ0v) is 15.8. The SMILES string of the molecule is CCCCCCOCC[C@H]1[C@@H](C/C=C\CCCC(=O)O)[C@H]2CC[C@@H]1O2. The molecular weight excluding hydrogens is 316 g/mol. The van der Waals surface area contributed by atoms with Crippen molar-refractivity contribution >= 4 is 5.97 Å². The lowest BCUT2D eigenvalue weighted by atomic mass is 9.76. The van der Waals surface area contributed by atoms with Crippen molar-refractivity contribution in [3.05, 3.63) is 12.2 Å². The maximum atomic E-state index is 10.5. The molecule has 4 heteroatoms. The average molecular weight is 353 g/mol. The van der Waals surface area contributed by atoms with E-state index in [0.29, 0.717) is 24.0 Å². The van der Waals surface area contributed by atoms with Crippen LogP contribution in [0.1, 0.15) is 77.6 Å². The first-order chi connectivity index (χ1) is 12.2. The van der Waals surface area contributed by atoms with Gasteiger partial charge in [-0.15, -0.1) is 0 Å². The molecule has 2 bridgehead atoms. The van der Waals surface area contributed by atoms with Crippen molar-refractivity contribution in [1.82, 2.24) is 0 Å². The molecule has 0 aromatic heterocycles. The van der Waals surface area contributed by atoms with E-state index >= 15 is 0 Å². The highest BCUT2D eigenvalue weighted by Crippen LogP contribution is 2.46. The Morgan fingerprint density at radius 3 is 2.64 bits per heavy atom. The van der Waals surface area contributed by atoms with E-state index in [0.717, 1.165) is 38.9 Å². The Morgan fingerprint density at radius 2 is 1.88 bits per heavy atom. The Hall–Kier alpha value is -0.870. The van der Waals surface area contributed by atoms with Crippen molar-refractivity contribution in [3.63, 3.8) is 0 Å². The zero-order chi connectivity index (χ0) is 17.9. The van der Waals surface area contributed by atoms with Crippen molar-refractivity contribution in [2.24, 2.45) is 11.8 Å². The number of aliphatic carboxylic acids is 1. The van der Waals surface area contributed by atoms with Crippen LogP contribution in [0.2, 0.25) is 0 Å². The van der Waals surface area contributed by atoms with Gasteiger partial charge in [0.1, 0.15) is 0 Å². The van der Waals surface area contributed by atoms with Gasteiger partial charge in [0.15, 0.2) is 0 Å². The number of carboxylic acids is 1. The number of allylic oxidation sites excluding steroid dienone is 2. The van der Waals surface area contributed by atoms with Gasteiger partial charge >= 0.3 is 5.97 Å². The monoisotopic (exact) mass is 352 g/mol. The van der Waals surface area contributed by atoms with E-state index in [2.05, 4.69) is 19.1 Å². The first kappa shape index (κ1) is 20.4. The van der Waals surface area contributed by atoms with Crippen LogP contribution in [0.4, 0.5) is 0 Å². The van der Waals surface area contributed by atoms with Crippen LogP contribution in [0, 0.1) is 11.8 Å². The topological polar surface area (TPSA) is 55.8 Å². The second kappa shape index (κ2) is 11.7.